The van der Waals surface area contributed by atoms with Gasteiger partial charge in [-0.15, -0.1) is 0 Å². The van der Waals surface area contributed by atoms with Crippen molar-refractivity contribution in [3.63, 3.8) is 0 Å². The number of ether oxygens (including phenoxy) is 1. The molecule has 0 aliphatic carbocycles. The molecule has 0 saturated carbocycles. The van der Waals surface area contributed by atoms with Crippen molar-refractivity contribution in [2.75, 3.05) is 46.4 Å². The third kappa shape index (κ3) is 5.81. The number of halogens is 1. The Morgan fingerprint density at radius 3 is 2.75 bits per heavy atom. The van der Waals surface area contributed by atoms with Crippen LogP contribution in [0.25, 0.3) is 17.2 Å². The van der Waals surface area contributed by atoms with Gasteiger partial charge in [0, 0.05) is 59.9 Å². The van der Waals surface area contributed by atoms with E-state index >= 15 is 0 Å². The number of aromatic amines is 1. The van der Waals surface area contributed by atoms with Crippen molar-refractivity contribution in [1.29, 1.82) is 0 Å². The standard InChI is InChI=1S/C28H34ClN5O2/c1-5-32(4)19-26(22-7-6-8-23(29)16-22)34-10-9-21(17-27(34)35)25-18-31-28(30-3)24(25)15-20(2)33-11-13-36-14-12-33/h6-10,15-18,26,31H,3,5,11-14,19H2,1-2,4H3/b20-15+/t26-/m1/s1. The van der Waals surface area contributed by atoms with Crippen LogP contribution in [-0.2, 0) is 4.74 Å². The van der Waals surface area contributed by atoms with Gasteiger partial charge < -0.3 is 24.1 Å². The van der Waals surface area contributed by atoms with Gasteiger partial charge >= 0.3 is 0 Å². The Morgan fingerprint density at radius 1 is 1.31 bits per heavy atom. The first-order chi connectivity index (χ1) is 17.4. The first kappa shape index (κ1) is 25.9. The van der Waals surface area contributed by atoms with Crippen LogP contribution in [-0.4, -0.2) is 72.5 Å². The maximum Gasteiger partial charge on any atom is 0.251 e. The summed E-state index contributed by atoms with van der Waals surface area (Å²) < 4.78 is 7.27. The number of nitrogens with one attached hydrogen (secondary N) is 1. The van der Waals surface area contributed by atoms with E-state index in [-0.39, 0.29) is 11.6 Å². The molecule has 1 atom stereocenters. The van der Waals surface area contributed by atoms with Crippen LogP contribution >= 0.6 is 11.6 Å². The summed E-state index contributed by atoms with van der Waals surface area (Å²) in [4.78, 5) is 25.3. The molecule has 8 heteroatoms. The second-order valence-electron chi connectivity index (χ2n) is 9.09. The number of likely N-dealkylation sites (N-methyl/N-ethyl adjacent to an activating group) is 1. The Bertz CT molecular complexity index is 1290. The van der Waals surface area contributed by atoms with Crippen molar-refractivity contribution < 1.29 is 4.74 Å². The molecule has 3 aromatic rings. The van der Waals surface area contributed by atoms with Gasteiger partial charge in [-0.3, -0.25) is 4.79 Å². The Morgan fingerprint density at radius 2 is 2.08 bits per heavy atom. The number of morpholine rings is 1. The molecular formula is C28H34ClN5O2. The molecule has 1 aliphatic heterocycles. The predicted molar refractivity (Wildman–Crippen MR) is 149 cm³/mol. The largest absolute Gasteiger partial charge is 0.378 e. The first-order valence-electron chi connectivity index (χ1n) is 12.3. The van der Waals surface area contributed by atoms with E-state index in [4.69, 9.17) is 16.3 Å². The lowest BCUT2D eigenvalue weighted by molar-refractivity contribution is 0.0542. The van der Waals surface area contributed by atoms with Crippen LogP contribution in [0.3, 0.4) is 0 Å². The highest BCUT2D eigenvalue weighted by molar-refractivity contribution is 6.30. The van der Waals surface area contributed by atoms with Crippen molar-refractivity contribution in [3.05, 3.63) is 81.0 Å². The first-order valence-corrected chi connectivity index (χ1v) is 12.6. The van der Waals surface area contributed by atoms with Crippen molar-refractivity contribution in [2.24, 2.45) is 4.99 Å². The average Bonchev–Trinajstić information content (AvgIpc) is 3.30. The van der Waals surface area contributed by atoms with Crippen molar-refractivity contribution >= 4 is 30.2 Å². The molecule has 1 aromatic carbocycles. The van der Waals surface area contributed by atoms with E-state index in [2.05, 4.69) is 53.5 Å². The zero-order valence-electron chi connectivity index (χ0n) is 21.2. The van der Waals surface area contributed by atoms with Crippen LogP contribution in [0.4, 0.5) is 5.82 Å². The summed E-state index contributed by atoms with van der Waals surface area (Å²) >= 11 is 6.29. The summed E-state index contributed by atoms with van der Waals surface area (Å²) in [5, 5.41) is 0.658. The molecule has 2 aromatic heterocycles. The molecular weight excluding hydrogens is 474 g/mol. The van der Waals surface area contributed by atoms with Gasteiger partial charge in [-0.2, -0.15) is 0 Å². The molecule has 0 radical (unpaired) electrons. The van der Waals surface area contributed by atoms with Gasteiger partial charge in [0.1, 0.15) is 5.82 Å². The molecule has 1 N–H and O–H groups in total. The smallest absolute Gasteiger partial charge is 0.251 e. The Balaban J connectivity index is 1.72. The van der Waals surface area contributed by atoms with Gasteiger partial charge in [-0.1, -0.05) is 30.7 Å². The molecule has 4 rings (SSSR count). The molecule has 1 aliphatic rings. The van der Waals surface area contributed by atoms with Gasteiger partial charge in [0.05, 0.1) is 19.3 Å². The second kappa shape index (κ2) is 11.7. The highest BCUT2D eigenvalue weighted by Crippen LogP contribution is 2.33. The maximum absolute atomic E-state index is 13.5. The molecule has 190 valence electrons. The fourth-order valence-electron chi connectivity index (χ4n) is 4.56. The number of benzene rings is 1. The summed E-state index contributed by atoms with van der Waals surface area (Å²) in [6.07, 6.45) is 5.88. The van der Waals surface area contributed by atoms with Crippen LogP contribution in [0, 0.1) is 0 Å². The quantitative estimate of drug-likeness (QED) is 0.411. The zero-order valence-corrected chi connectivity index (χ0v) is 22.0. The van der Waals surface area contributed by atoms with Crippen LogP contribution in [0.15, 0.2) is 64.3 Å². The highest BCUT2D eigenvalue weighted by atomic mass is 35.5. The van der Waals surface area contributed by atoms with Crippen molar-refractivity contribution in [1.82, 2.24) is 19.4 Å². The topological polar surface area (TPSA) is 65.9 Å². The number of hydrogen-bond acceptors (Lipinski definition) is 5. The van der Waals surface area contributed by atoms with Crippen molar-refractivity contribution in [2.45, 2.75) is 19.9 Å². The summed E-state index contributed by atoms with van der Waals surface area (Å²) in [5.41, 5.74) is 4.72. The number of hydrogen-bond donors (Lipinski definition) is 1. The van der Waals surface area contributed by atoms with E-state index in [1.807, 2.05) is 42.7 Å². The van der Waals surface area contributed by atoms with Gasteiger partial charge in [0.15, 0.2) is 0 Å². The molecule has 7 nitrogen and oxygen atoms in total. The number of aliphatic imine (C=N–C) groups is 1. The van der Waals surface area contributed by atoms with E-state index in [9.17, 15) is 4.79 Å². The summed E-state index contributed by atoms with van der Waals surface area (Å²) in [6, 6.07) is 11.3. The van der Waals surface area contributed by atoms with Gasteiger partial charge in [0.25, 0.3) is 5.56 Å². The Kier molecular flexibility index (Phi) is 8.46. The molecule has 0 spiro atoms. The normalized spacial score (nSPS) is 15.4. The minimum Gasteiger partial charge on any atom is -0.378 e. The van der Waals surface area contributed by atoms with Crippen LogP contribution < -0.4 is 5.56 Å². The summed E-state index contributed by atoms with van der Waals surface area (Å²) in [5.74, 6) is 0.683. The van der Waals surface area contributed by atoms with Gasteiger partial charge in [-0.05, 0) is 62.6 Å². The molecule has 36 heavy (non-hydrogen) atoms. The molecule has 1 fully saturated rings. The van der Waals surface area contributed by atoms with Crippen LogP contribution in [0.5, 0.6) is 0 Å². The summed E-state index contributed by atoms with van der Waals surface area (Å²) in [7, 11) is 2.05. The van der Waals surface area contributed by atoms with Crippen molar-refractivity contribution in [3.8, 4) is 11.1 Å². The van der Waals surface area contributed by atoms with E-state index in [0.29, 0.717) is 17.4 Å². The minimum absolute atomic E-state index is 0.0730. The fraction of sp³-hybridized carbons (Fsp3) is 0.357. The number of pyridine rings is 1. The van der Waals surface area contributed by atoms with E-state index in [0.717, 1.165) is 60.8 Å². The fourth-order valence-corrected chi connectivity index (χ4v) is 4.76. The number of allylic oxidation sites excluding steroid dienone is 1. The van der Waals surface area contributed by atoms with Gasteiger partial charge in [-0.25, -0.2) is 4.99 Å². The van der Waals surface area contributed by atoms with E-state index in [1.54, 1.807) is 10.6 Å². The Hall–Kier alpha value is -3.13. The predicted octanol–water partition coefficient (Wildman–Crippen LogP) is 5.06. The average molecular weight is 508 g/mol. The van der Waals surface area contributed by atoms with Crippen LogP contribution in [0.1, 0.15) is 31.0 Å². The zero-order chi connectivity index (χ0) is 25.7. The lowest BCUT2D eigenvalue weighted by Gasteiger charge is -2.29. The number of rotatable bonds is 9. The second-order valence-corrected chi connectivity index (χ2v) is 9.53. The third-order valence-electron chi connectivity index (χ3n) is 6.77. The number of aromatic nitrogens is 2. The highest BCUT2D eigenvalue weighted by Gasteiger charge is 2.19. The maximum atomic E-state index is 13.5. The summed E-state index contributed by atoms with van der Waals surface area (Å²) in [6.45, 7) is 12.6. The molecule has 1 saturated heterocycles. The number of H-pyrrole nitrogens is 1. The van der Waals surface area contributed by atoms with E-state index in [1.165, 1.54) is 0 Å². The van der Waals surface area contributed by atoms with Gasteiger partial charge in [0.2, 0.25) is 0 Å². The molecule has 0 amide bonds. The Labute approximate surface area is 217 Å². The lowest BCUT2D eigenvalue weighted by atomic mass is 10.0. The lowest BCUT2D eigenvalue weighted by Crippen LogP contribution is -2.34. The minimum atomic E-state index is -0.158. The molecule has 3 heterocycles. The number of nitrogens with zero attached hydrogens (tertiary/aromatic N) is 4. The van der Waals surface area contributed by atoms with Crippen LogP contribution in [0.2, 0.25) is 5.02 Å². The van der Waals surface area contributed by atoms with E-state index < -0.39 is 0 Å². The SMILES string of the molecule is C=Nc1[nH]cc(-c2ccn([C@H](CN(C)CC)c3cccc(Cl)c3)c(=O)c2)c1/C=C(\C)N1CCOCC1. The molecule has 0 bridgehead atoms. The molecule has 0 unspecified atom stereocenters. The third-order valence-corrected chi connectivity index (χ3v) is 7.01. The monoisotopic (exact) mass is 507 g/mol.